The second kappa shape index (κ2) is 7.89. The first kappa shape index (κ1) is 16.5. The average Bonchev–Trinajstić information content (AvgIpc) is 2.39. The number of aliphatic carboxylic acids is 1. The minimum absolute atomic E-state index is 0.187. The van der Waals surface area contributed by atoms with E-state index in [9.17, 15) is 9.59 Å². The molecule has 0 heterocycles. The minimum atomic E-state index is -0.927. The lowest BCUT2D eigenvalue weighted by Crippen LogP contribution is -2.40. The number of carbonyl (C=O) groups is 2. The maximum absolute atomic E-state index is 11.6. The molecule has 1 aromatic carbocycles. The number of halogens is 1. The van der Waals surface area contributed by atoms with Crippen LogP contribution in [0.25, 0.3) is 0 Å². The van der Waals surface area contributed by atoms with E-state index in [2.05, 4.69) is 21.2 Å². The van der Waals surface area contributed by atoms with Crippen molar-refractivity contribution in [2.24, 2.45) is 5.92 Å². The van der Waals surface area contributed by atoms with Crippen molar-refractivity contribution < 1.29 is 19.4 Å². The summed E-state index contributed by atoms with van der Waals surface area (Å²) in [6, 6.07) is 6.90. The molecule has 0 radical (unpaired) electrons. The third-order valence-corrected chi connectivity index (χ3v) is 3.47. The Morgan fingerprint density at radius 1 is 1.30 bits per heavy atom. The molecule has 0 fully saturated rings. The van der Waals surface area contributed by atoms with Crippen LogP contribution in [-0.2, 0) is 9.59 Å². The zero-order valence-corrected chi connectivity index (χ0v) is 13.0. The SMILES string of the molecule is CC(NC(=O)CCOc1ccc(Br)cc1)C(C)C(=O)O. The van der Waals surface area contributed by atoms with Crippen LogP contribution >= 0.6 is 15.9 Å². The number of carboxylic acids is 1. The van der Waals surface area contributed by atoms with Crippen molar-refractivity contribution in [3.05, 3.63) is 28.7 Å². The van der Waals surface area contributed by atoms with Gasteiger partial charge >= 0.3 is 5.97 Å². The summed E-state index contributed by atoms with van der Waals surface area (Å²) in [5, 5.41) is 11.5. The lowest BCUT2D eigenvalue weighted by atomic mass is 10.0. The summed E-state index contributed by atoms with van der Waals surface area (Å²) < 4.78 is 6.38. The topological polar surface area (TPSA) is 75.6 Å². The standard InChI is InChI=1S/C14H18BrNO4/c1-9(14(18)19)10(2)16-13(17)7-8-20-12-5-3-11(15)4-6-12/h3-6,9-10H,7-8H2,1-2H3,(H,16,17)(H,18,19). The van der Waals surface area contributed by atoms with Crippen LogP contribution in [0.15, 0.2) is 28.7 Å². The van der Waals surface area contributed by atoms with Gasteiger partial charge in [0.05, 0.1) is 18.9 Å². The van der Waals surface area contributed by atoms with E-state index in [-0.39, 0.29) is 18.9 Å². The van der Waals surface area contributed by atoms with Crippen LogP contribution in [-0.4, -0.2) is 29.6 Å². The van der Waals surface area contributed by atoms with Gasteiger partial charge in [-0.25, -0.2) is 0 Å². The van der Waals surface area contributed by atoms with Crippen molar-refractivity contribution in [3.8, 4) is 5.75 Å². The minimum Gasteiger partial charge on any atom is -0.493 e. The quantitative estimate of drug-likeness (QED) is 0.797. The Labute approximate surface area is 126 Å². The highest BCUT2D eigenvalue weighted by molar-refractivity contribution is 9.10. The third-order valence-electron chi connectivity index (χ3n) is 2.94. The Bertz CT molecular complexity index is 461. The van der Waals surface area contributed by atoms with Gasteiger partial charge in [-0.1, -0.05) is 15.9 Å². The van der Waals surface area contributed by atoms with Gasteiger partial charge in [-0.05, 0) is 38.1 Å². The number of carboxylic acid groups (broad SMARTS) is 1. The van der Waals surface area contributed by atoms with E-state index in [1.54, 1.807) is 26.0 Å². The van der Waals surface area contributed by atoms with Crippen molar-refractivity contribution in [2.75, 3.05) is 6.61 Å². The molecule has 110 valence electrons. The van der Waals surface area contributed by atoms with E-state index < -0.39 is 17.9 Å². The maximum Gasteiger partial charge on any atom is 0.308 e. The number of nitrogens with one attached hydrogen (secondary N) is 1. The van der Waals surface area contributed by atoms with Crippen LogP contribution in [0, 0.1) is 5.92 Å². The van der Waals surface area contributed by atoms with Crippen molar-refractivity contribution in [1.29, 1.82) is 0 Å². The van der Waals surface area contributed by atoms with Gasteiger partial charge in [0, 0.05) is 10.5 Å². The number of hydrogen-bond donors (Lipinski definition) is 2. The molecule has 2 N–H and O–H groups in total. The summed E-state index contributed by atoms with van der Waals surface area (Å²) >= 11 is 3.32. The average molecular weight is 344 g/mol. The Morgan fingerprint density at radius 2 is 1.90 bits per heavy atom. The molecule has 0 spiro atoms. The monoisotopic (exact) mass is 343 g/mol. The molecule has 2 atom stereocenters. The molecule has 1 rings (SSSR count). The van der Waals surface area contributed by atoms with E-state index in [1.807, 2.05) is 12.1 Å². The number of hydrogen-bond acceptors (Lipinski definition) is 3. The molecular weight excluding hydrogens is 326 g/mol. The number of carbonyl (C=O) groups excluding carboxylic acids is 1. The molecular formula is C14H18BrNO4. The Hall–Kier alpha value is -1.56. The fourth-order valence-electron chi connectivity index (χ4n) is 1.46. The van der Waals surface area contributed by atoms with Crippen LogP contribution in [0.3, 0.4) is 0 Å². The number of rotatable bonds is 7. The van der Waals surface area contributed by atoms with Crippen LogP contribution < -0.4 is 10.1 Å². The molecule has 0 aliphatic heterocycles. The largest absolute Gasteiger partial charge is 0.493 e. The van der Waals surface area contributed by atoms with Gasteiger partial charge in [-0.3, -0.25) is 9.59 Å². The zero-order valence-electron chi connectivity index (χ0n) is 11.4. The van der Waals surface area contributed by atoms with Crippen molar-refractivity contribution in [2.45, 2.75) is 26.3 Å². The summed E-state index contributed by atoms with van der Waals surface area (Å²) in [5.74, 6) is -1.08. The van der Waals surface area contributed by atoms with E-state index >= 15 is 0 Å². The first-order chi connectivity index (χ1) is 9.40. The summed E-state index contributed by atoms with van der Waals surface area (Å²) in [4.78, 5) is 22.4. The van der Waals surface area contributed by atoms with Gasteiger partial charge < -0.3 is 15.2 Å². The first-order valence-electron chi connectivity index (χ1n) is 6.30. The van der Waals surface area contributed by atoms with Crippen molar-refractivity contribution >= 4 is 27.8 Å². The molecule has 6 heteroatoms. The molecule has 1 amide bonds. The molecule has 0 saturated heterocycles. The summed E-state index contributed by atoms with van der Waals surface area (Å²) in [5.41, 5.74) is 0. The normalized spacial score (nSPS) is 13.3. The van der Waals surface area contributed by atoms with Gasteiger partial charge in [0.1, 0.15) is 5.75 Å². The second-order valence-corrected chi connectivity index (χ2v) is 5.45. The van der Waals surface area contributed by atoms with Crippen molar-refractivity contribution in [1.82, 2.24) is 5.32 Å². The van der Waals surface area contributed by atoms with E-state index in [0.717, 1.165) is 4.47 Å². The predicted molar refractivity (Wildman–Crippen MR) is 78.7 cm³/mol. The first-order valence-corrected chi connectivity index (χ1v) is 7.10. The van der Waals surface area contributed by atoms with Crippen molar-refractivity contribution in [3.63, 3.8) is 0 Å². The molecule has 1 aromatic rings. The lowest BCUT2D eigenvalue weighted by Gasteiger charge is -2.17. The fraction of sp³-hybridized carbons (Fsp3) is 0.429. The molecule has 0 aromatic heterocycles. The Morgan fingerprint density at radius 3 is 2.45 bits per heavy atom. The van der Waals surface area contributed by atoms with Gasteiger partial charge in [0.25, 0.3) is 0 Å². The smallest absolute Gasteiger partial charge is 0.308 e. The molecule has 0 saturated carbocycles. The van der Waals surface area contributed by atoms with Crippen LogP contribution in [0.4, 0.5) is 0 Å². The van der Waals surface area contributed by atoms with E-state index in [4.69, 9.17) is 9.84 Å². The summed E-state index contributed by atoms with van der Waals surface area (Å²) in [6.07, 6.45) is 0.187. The second-order valence-electron chi connectivity index (χ2n) is 4.54. The van der Waals surface area contributed by atoms with Crippen LogP contribution in [0.1, 0.15) is 20.3 Å². The Balaban J connectivity index is 2.29. The summed E-state index contributed by atoms with van der Waals surface area (Å²) in [7, 11) is 0. The zero-order chi connectivity index (χ0) is 15.1. The molecule has 2 unspecified atom stereocenters. The third kappa shape index (κ3) is 5.61. The fourth-order valence-corrected chi connectivity index (χ4v) is 1.72. The van der Waals surface area contributed by atoms with E-state index in [1.165, 1.54) is 0 Å². The highest BCUT2D eigenvalue weighted by atomic mass is 79.9. The van der Waals surface area contributed by atoms with Gasteiger partial charge in [0.15, 0.2) is 0 Å². The molecule has 5 nitrogen and oxygen atoms in total. The van der Waals surface area contributed by atoms with Crippen LogP contribution in [0.2, 0.25) is 0 Å². The molecule has 0 aliphatic rings. The highest BCUT2D eigenvalue weighted by Gasteiger charge is 2.20. The molecule has 0 bridgehead atoms. The Kier molecular flexibility index (Phi) is 6.51. The highest BCUT2D eigenvalue weighted by Crippen LogP contribution is 2.16. The van der Waals surface area contributed by atoms with Crippen LogP contribution in [0.5, 0.6) is 5.75 Å². The maximum atomic E-state index is 11.6. The number of amides is 1. The lowest BCUT2D eigenvalue weighted by molar-refractivity contribution is -0.142. The number of ether oxygens (including phenoxy) is 1. The van der Waals surface area contributed by atoms with Gasteiger partial charge in [-0.2, -0.15) is 0 Å². The van der Waals surface area contributed by atoms with Gasteiger partial charge in [-0.15, -0.1) is 0 Å². The van der Waals surface area contributed by atoms with Gasteiger partial charge in [0.2, 0.25) is 5.91 Å². The molecule has 20 heavy (non-hydrogen) atoms. The molecule has 0 aliphatic carbocycles. The number of benzene rings is 1. The summed E-state index contributed by atoms with van der Waals surface area (Å²) in [6.45, 7) is 3.49. The van der Waals surface area contributed by atoms with E-state index in [0.29, 0.717) is 5.75 Å². The predicted octanol–water partition coefficient (Wildman–Crippen LogP) is 2.44.